The van der Waals surface area contributed by atoms with Crippen LogP contribution in [0.25, 0.3) is 0 Å². The molecule has 0 aliphatic rings. The summed E-state index contributed by atoms with van der Waals surface area (Å²) in [6, 6.07) is 4.44. The Kier molecular flexibility index (Phi) is 2.50. The molecule has 0 bridgehead atoms. The fraction of sp³-hybridized carbons (Fsp3) is 0.333. The first-order chi connectivity index (χ1) is 5.88. The number of halogens is 3. The molecule has 0 aliphatic heterocycles. The van der Waals surface area contributed by atoms with E-state index in [4.69, 9.17) is 5.73 Å². The van der Waals surface area contributed by atoms with Gasteiger partial charge in [-0.05, 0) is 30.2 Å². The number of nitrogen functional groups attached to an aromatic ring is 1. The van der Waals surface area contributed by atoms with Gasteiger partial charge in [0.1, 0.15) is 0 Å². The number of aryl methyl sites for hydroxylation is 1. The van der Waals surface area contributed by atoms with Gasteiger partial charge < -0.3 is 5.73 Å². The Morgan fingerprint density at radius 1 is 1.31 bits per heavy atom. The molecule has 0 saturated carbocycles. The summed E-state index contributed by atoms with van der Waals surface area (Å²) in [6.07, 6.45) is -5.04. The zero-order valence-corrected chi connectivity index (χ0v) is 7.15. The SMILES string of the molecule is Cc1cc(N)ccc1CC(F)(F)F. The van der Waals surface area contributed by atoms with Gasteiger partial charge in [0.15, 0.2) is 0 Å². The largest absolute Gasteiger partial charge is 0.399 e. The second-order valence-electron chi connectivity index (χ2n) is 2.98. The van der Waals surface area contributed by atoms with Crippen LogP contribution in [0.5, 0.6) is 0 Å². The predicted octanol–water partition coefficient (Wildman–Crippen LogP) is 2.68. The minimum atomic E-state index is -4.15. The molecule has 4 heteroatoms. The number of hydrogen-bond donors (Lipinski definition) is 1. The molecule has 0 aromatic heterocycles. The van der Waals surface area contributed by atoms with Gasteiger partial charge >= 0.3 is 6.18 Å². The third-order valence-electron chi connectivity index (χ3n) is 1.76. The van der Waals surface area contributed by atoms with Gasteiger partial charge in [0.05, 0.1) is 6.42 Å². The van der Waals surface area contributed by atoms with E-state index in [0.717, 1.165) is 0 Å². The van der Waals surface area contributed by atoms with Crippen LogP contribution in [-0.4, -0.2) is 6.18 Å². The molecule has 0 aliphatic carbocycles. The van der Waals surface area contributed by atoms with Gasteiger partial charge in [-0.15, -0.1) is 0 Å². The van der Waals surface area contributed by atoms with Crippen molar-refractivity contribution in [2.24, 2.45) is 0 Å². The molecule has 2 N–H and O–H groups in total. The maximum absolute atomic E-state index is 12.0. The molecule has 0 unspecified atom stereocenters. The van der Waals surface area contributed by atoms with Crippen LogP contribution >= 0.6 is 0 Å². The Bertz CT molecular complexity index is 304. The van der Waals surface area contributed by atoms with Gasteiger partial charge in [0.2, 0.25) is 0 Å². The highest BCUT2D eigenvalue weighted by Gasteiger charge is 2.28. The van der Waals surface area contributed by atoms with Crippen molar-refractivity contribution >= 4 is 5.69 Å². The highest BCUT2D eigenvalue weighted by Crippen LogP contribution is 2.24. The van der Waals surface area contributed by atoms with Crippen LogP contribution in [0.15, 0.2) is 18.2 Å². The molecule has 72 valence electrons. The fourth-order valence-corrected chi connectivity index (χ4v) is 1.13. The second kappa shape index (κ2) is 3.28. The number of benzene rings is 1. The van der Waals surface area contributed by atoms with Gasteiger partial charge in [-0.2, -0.15) is 13.2 Å². The summed E-state index contributed by atoms with van der Waals surface area (Å²) in [4.78, 5) is 0. The summed E-state index contributed by atoms with van der Waals surface area (Å²) in [6.45, 7) is 1.62. The normalized spacial score (nSPS) is 11.7. The summed E-state index contributed by atoms with van der Waals surface area (Å²) in [7, 11) is 0. The van der Waals surface area contributed by atoms with E-state index < -0.39 is 12.6 Å². The zero-order valence-electron chi connectivity index (χ0n) is 7.15. The number of nitrogens with two attached hydrogens (primary N) is 1. The third kappa shape index (κ3) is 2.97. The number of alkyl halides is 3. The molecule has 13 heavy (non-hydrogen) atoms. The minimum Gasteiger partial charge on any atom is -0.399 e. The van der Waals surface area contributed by atoms with Crippen molar-refractivity contribution in [3.8, 4) is 0 Å². The van der Waals surface area contributed by atoms with E-state index in [1.807, 2.05) is 0 Å². The van der Waals surface area contributed by atoms with Crippen molar-refractivity contribution in [1.29, 1.82) is 0 Å². The zero-order chi connectivity index (χ0) is 10.1. The average Bonchev–Trinajstić information content (AvgIpc) is 1.93. The van der Waals surface area contributed by atoms with E-state index in [1.165, 1.54) is 12.1 Å². The molecule has 0 saturated heterocycles. The van der Waals surface area contributed by atoms with E-state index in [0.29, 0.717) is 11.3 Å². The number of hydrogen-bond acceptors (Lipinski definition) is 1. The van der Waals surface area contributed by atoms with Gasteiger partial charge in [-0.25, -0.2) is 0 Å². The van der Waals surface area contributed by atoms with Crippen LogP contribution in [0, 0.1) is 6.92 Å². The molecule has 0 radical (unpaired) electrons. The lowest BCUT2D eigenvalue weighted by Gasteiger charge is -2.09. The van der Waals surface area contributed by atoms with Crippen molar-refractivity contribution < 1.29 is 13.2 Å². The fourth-order valence-electron chi connectivity index (χ4n) is 1.13. The number of anilines is 1. The number of rotatable bonds is 1. The first-order valence-corrected chi connectivity index (χ1v) is 3.80. The smallest absolute Gasteiger partial charge is 0.393 e. The highest BCUT2D eigenvalue weighted by molar-refractivity contribution is 5.44. The van der Waals surface area contributed by atoms with Crippen LogP contribution in [0.4, 0.5) is 18.9 Å². The molecule has 1 aromatic rings. The standard InChI is InChI=1S/C9H10F3N/c1-6-4-8(13)3-2-7(6)5-9(10,11)12/h2-4H,5,13H2,1H3. The summed E-state index contributed by atoms with van der Waals surface area (Å²) in [5.41, 5.74) is 6.76. The first kappa shape index (κ1) is 9.89. The molecule has 0 spiro atoms. The average molecular weight is 189 g/mol. The molecule has 1 nitrogen and oxygen atoms in total. The molecule has 1 aromatic carbocycles. The minimum absolute atomic E-state index is 0.279. The highest BCUT2D eigenvalue weighted by atomic mass is 19.4. The molecule has 1 rings (SSSR count). The van der Waals surface area contributed by atoms with E-state index >= 15 is 0 Å². The lowest BCUT2D eigenvalue weighted by molar-refractivity contribution is -0.127. The maximum atomic E-state index is 12.0. The molecule has 0 atom stereocenters. The molecule has 0 heterocycles. The third-order valence-corrected chi connectivity index (χ3v) is 1.76. The summed E-state index contributed by atoms with van der Waals surface area (Å²) in [5, 5.41) is 0. The Hall–Kier alpha value is -1.19. The lowest BCUT2D eigenvalue weighted by Crippen LogP contribution is -2.12. The van der Waals surface area contributed by atoms with E-state index in [-0.39, 0.29) is 5.56 Å². The van der Waals surface area contributed by atoms with E-state index in [1.54, 1.807) is 13.0 Å². The second-order valence-corrected chi connectivity index (χ2v) is 2.98. The van der Waals surface area contributed by atoms with Gasteiger partial charge in [-0.1, -0.05) is 6.07 Å². The van der Waals surface area contributed by atoms with Crippen molar-refractivity contribution in [2.75, 3.05) is 5.73 Å². The molecular formula is C9H10F3N. The van der Waals surface area contributed by atoms with Crippen molar-refractivity contribution in [2.45, 2.75) is 19.5 Å². The quantitative estimate of drug-likeness (QED) is 0.675. The Morgan fingerprint density at radius 3 is 2.38 bits per heavy atom. The van der Waals surface area contributed by atoms with Gasteiger partial charge in [0.25, 0.3) is 0 Å². The summed E-state index contributed by atoms with van der Waals surface area (Å²) < 4.78 is 36.0. The van der Waals surface area contributed by atoms with Crippen LogP contribution in [0.1, 0.15) is 11.1 Å². The van der Waals surface area contributed by atoms with Crippen molar-refractivity contribution in [1.82, 2.24) is 0 Å². The predicted molar refractivity (Wildman–Crippen MR) is 45.4 cm³/mol. The Morgan fingerprint density at radius 2 is 1.92 bits per heavy atom. The maximum Gasteiger partial charge on any atom is 0.393 e. The molecular weight excluding hydrogens is 179 g/mol. The van der Waals surface area contributed by atoms with Crippen LogP contribution in [-0.2, 0) is 6.42 Å². The van der Waals surface area contributed by atoms with E-state index in [9.17, 15) is 13.2 Å². The van der Waals surface area contributed by atoms with Crippen LogP contribution in [0.3, 0.4) is 0 Å². The monoisotopic (exact) mass is 189 g/mol. The molecule has 0 fully saturated rings. The first-order valence-electron chi connectivity index (χ1n) is 3.80. The van der Waals surface area contributed by atoms with Gasteiger partial charge in [0, 0.05) is 5.69 Å². The summed E-state index contributed by atoms with van der Waals surface area (Å²) in [5.74, 6) is 0. The lowest BCUT2D eigenvalue weighted by atomic mass is 10.1. The van der Waals surface area contributed by atoms with E-state index in [2.05, 4.69) is 0 Å². The Labute approximate surface area is 74.4 Å². The van der Waals surface area contributed by atoms with Gasteiger partial charge in [-0.3, -0.25) is 0 Å². The van der Waals surface area contributed by atoms with Crippen molar-refractivity contribution in [3.05, 3.63) is 29.3 Å². The van der Waals surface area contributed by atoms with Crippen LogP contribution < -0.4 is 5.73 Å². The Balaban J connectivity index is 2.90. The molecule has 0 amide bonds. The summed E-state index contributed by atoms with van der Waals surface area (Å²) >= 11 is 0. The van der Waals surface area contributed by atoms with Crippen LogP contribution in [0.2, 0.25) is 0 Å². The topological polar surface area (TPSA) is 26.0 Å². The van der Waals surface area contributed by atoms with Crippen molar-refractivity contribution in [3.63, 3.8) is 0 Å².